The summed E-state index contributed by atoms with van der Waals surface area (Å²) in [5, 5.41) is 9.15. The minimum absolute atomic E-state index is 0.0118. The van der Waals surface area contributed by atoms with Gasteiger partial charge < -0.3 is 24.6 Å². The van der Waals surface area contributed by atoms with E-state index in [1.54, 1.807) is 0 Å². The van der Waals surface area contributed by atoms with Crippen molar-refractivity contribution in [1.82, 2.24) is 5.32 Å². The lowest BCUT2D eigenvalue weighted by atomic mass is 9.89. The van der Waals surface area contributed by atoms with Gasteiger partial charge in [0.05, 0.1) is 46.2 Å². The summed E-state index contributed by atoms with van der Waals surface area (Å²) in [6, 6.07) is 0. The van der Waals surface area contributed by atoms with E-state index in [1.165, 1.54) is 0 Å². The van der Waals surface area contributed by atoms with E-state index in [4.69, 9.17) is 14.6 Å². The molecular formula is C17H18F17NO5. The molecule has 0 fully saturated rings. The Kier molecular flexibility index (Phi) is 12.4. The highest BCUT2D eigenvalue weighted by Crippen LogP contribution is 2.63. The molecule has 0 heterocycles. The summed E-state index contributed by atoms with van der Waals surface area (Å²) in [4.78, 5) is 11.2. The molecule has 0 aliphatic heterocycles. The van der Waals surface area contributed by atoms with Gasteiger partial charge in [-0.3, -0.25) is 4.79 Å². The number of halogens is 17. The molecule has 2 N–H and O–H groups in total. The molecule has 0 aliphatic carbocycles. The van der Waals surface area contributed by atoms with Crippen molar-refractivity contribution >= 4 is 5.91 Å². The van der Waals surface area contributed by atoms with Crippen LogP contribution in [-0.2, 0) is 19.0 Å². The summed E-state index contributed by atoms with van der Waals surface area (Å²) < 4.78 is 238. The van der Waals surface area contributed by atoms with Crippen LogP contribution >= 0.6 is 0 Å². The van der Waals surface area contributed by atoms with E-state index in [-0.39, 0.29) is 33.0 Å². The number of alkyl halides is 17. The zero-order valence-electron chi connectivity index (χ0n) is 19.2. The molecule has 23 heteroatoms. The highest BCUT2D eigenvalue weighted by atomic mass is 19.4. The lowest BCUT2D eigenvalue weighted by molar-refractivity contribution is -0.459. The van der Waals surface area contributed by atoms with Gasteiger partial charge in [0.25, 0.3) is 5.91 Å². The third kappa shape index (κ3) is 6.94. The second kappa shape index (κ2) is 13.0. The van der Waals surface area contributed by atoms with Gasteiger partial charge in [0, 0.05) is 6.54 Å². The molecule has 0 radical (unpaired) electrons. The predicted molar refractivity (Wildman–Crippen MR) is 93.2 cm³/mol. The fourth-order valence-electron chi connectivity index (χ4n) is 2.26. The van der Waals surface area contributed by atoms with Gasteiger partial charge in [-0.2, -0.15) is 74.6 Å². The number of amides is 1. The number of hydrogen-bond acceptors (Lipinski definition) is 5. The molecule has 0 rings (SSSR count). The van der Waals surface area contributed by atoms with E-state index in [0.717, 1.165) is 5.32 Å². The first-order valence-corrected chi connectivity index (χ1v) is 10.1. The number of aliphatic hydroxyl groups is 1. The van der Waals surface area contributed by atoms with Crippen LogP contribution in [0.4, 0.5) is 74.6 Å². The second-order valence-corrected chi connectivity index (χ2v) is 7.34. The average Bonchev–Trinajstić information content (AvgIpc) is 2.80. The van der Waals surface area contributed by atoms with E-state index in [2.05, 4.69) is 4.74 Å². The Bertz CT molecular complexity index is 819. The molecule has 1 amide bonds. The van der Waals surface area contributed by atoms with E-state index in [0.29, 0.717) is 0 Å². The Hall–Kier alpha value is -1.88. The van der Waals surface area contributed by atoms with Crippen LogP contribution in [0.15, 0.2) is 0 Å². The average molecular weight is 639 g/mol. The van der Waals surface area contributed by atoms with Gasteiger partial charge in [-0.05, 0) is 0 Å². The molecule has 0 aromatic rings. The summed E-state index contributed by atoms with van der Waals surface area (Å²) in [6.45, 7) is -3.13. The van der Waals surface area contributed by atoms with Crippen molar-refractivity contribution in [3.05, 3.63) is 0 Å². The number of aliphatic hydroxyl groups excluding tert-OH is 1. The zero-order chi connectivity index (χ0) is 32.1. The van der Waals surface area contributed by atoms with E-state index < -0.39 is 73.3 Å². The molecule has 0 atom stereocenters. The lowest BCUT2D eigenvalue weighted by Gasteiger charge is -2.42. The summed E-state index contributed by atoms with van der Waals surface area (Å²) in [7, 11) is 0. The third-order valence-electron chi connectivity index (χ3n) is 4.52. The second-order valence-electron chi connectivity index (χ2n) is 7.34. The van der Waals surface area contributed by atoms with E-state index >= 15 is 0 Å². The van der Waals surface area contributed by atoms with Crippen LogP contribution in [0.3, 0.4) is 0 Å². The highest BCUT2D eigenvalue weighted by molar-refractivity contribution is 5.84. The first-order valence-electron chi connectivity index (χ1n) is 10.1. The van der Waals surface area contributed by atoms with Crippen molar-refractivity contribution < 1.29 is 98.7 Å². The normalized spacial score (nSPS) is 14.9. The van der Waals surface area contributed by atoms with Gasteiger partial charge in [0.15, 0.2) is 0 Å². The first-order chi connectivity index (χ1) is 17.7. The molecule has 0 saturated heterocycles. The Morgan fingerprint density at radius 1 is 0.500 bits per heavy atom. The van der Waals surface area contributed by atoms with E-state index in [9.17, 15) is 79.4 Å². The van der Waals surface area contributed by atoms with Gasteiger partial charge in [0.1, 0.15) is 0 Å². The van der Waals surface area contributed by atoms with Crippen molar-refractivity contribution in [1.29, 1.82) is 0 Å². The van der Waals surface area contributed by atoms with Gasteiger partial charge in [0.2, 0.25) is 0 Å². The summed E-state index contributed by atoms with van der Waals surface area (Å²) in [6.07, 6.45) is -7.85. The Morgan fingerprint density at radius 3 is 1.20 bits per heavy atom. The third-order valence-corrected chi connectivity index (χ3v) is 4.52. The van der Waals surface area contributed by atoms with Crippen LogP contribution in [0.1, 0.15) is 0 Å². The molecule has 0 aliphatic rings. The minimum Gasteiger partial charge on any atom is -0.394 e. The predicted octanol–water partition coefficient (Wildman–Crippen LogP) is 4.15. The molecule has 6 nitrogen and oxygen atoms in total. The highest BCUT2D eigenvalue weighted by Gasteiger charge is 2.95. The van der Waals surface area contributed by atoms with Gasteiger partial charge >= 0.3 is 47.6 Å². The molecule has 0 aromatic carbocycles. The van der Waals surface area contributed by atoms with Crippen molar-refractivity contribution in [3.63, 3.8) is 0 Å². The first kappa shape index (κ1) is 38.1. The topological polar surface area (TPSA) is 77.0 Å². The van der Waals surface area contributed by atoms with E-state index in [1.807, 2.05) is 0 Å². The fraction of sp³-hybridized carbons (Fsp3) is 0.941. The number of rotatable bonds is 18. The summed E-state index contributed by atoms with van der Waals surface area (Å²) in [5.41, 5.74) is 0. The maximum Gasteiger partial charge on any atom is 0.460 e. The maximum absolute atomic E-state index is 13.7. The zero-order valence-corrected chi connectivity index (χ0v) is 19.2. The Morgan fingerprint density at radius 2 is 0.825 bits per heavy atom. The molecule has 0 unspecified atom stereocenters. The van der Waals surface area contributed by atoms with Crippen LogP contribution in [-0.4, -0.2) is 111 Å². The van der Waals surface area contributed by atoms with Gasteiger partial charge in [-0.25, -0.2) is 0 Å². The molecule has 0 aromatic heterocycles. The maximum atomic E-state index is 13.7. The Balaban J connectivity index is 5.54. The standard InChI is InChI=1S/C17H18F17NO5/c18-10(19,9(37)35-1-3-38-5-7-40-8-6-39-4-2-36)11(20,21)12(22,23)13(24,25)14(26,27)15(28,29)16(30,31)17(32,33)34/h36H,1-8H2,(H,35,37). The summed E-state index contributed by atoms with van der Waals surface area (Å²) in [5.74, 6) is -61.8. The largest absolute Gasteiger partial charge is 0.460 e. The van der Waals surface area contributed by atoms with Crippen LogP contribution in [0.5, 0.6) is 0 Å². The smallest absolute Gasteiger partial charge is 0.394 e. The molecule has 240 valence electrons. The number of carbonyl (C=O) groups is 1. The lowest BCUT2D eigenvalue weighted by Crippen LogP contribution is -2.75. The molecule has 40 heavy (non-hydrogen) atoms. The molecular weight excluding hydrogens is 621 g/mol. The van der Waals surface area contributed by atoms with Crippen LogP contribution in [0.2, 0.25) is 0 Å². The number of hydrogen-bond donors (Lipinski definition) is 2. The van der Waals surface area contributed by atoms with Gasteiger partial charge in [-0.1, -0.05) is 0 Å². The summed E-state index contributed by atoms with van der Waals surface area (Å²) >= 11 is 0. The molecule has 0 bridgehead atoms. The SMILES string of the molecule is O=C(NCCOCCOCCOCCO)C(F)(F)C(F)(F)C(F)(F)C(F)(F)C(F)(F)C(F)(F)C(F)(F)C(F)(F)F. The molecule has 0 saturated carbocycles. The van der Waals surface area contributed by atoms with Crippen LogP contribution in [0.25, 0.3) is 0 Å². The number of ether oxygens (including phenoxy) is 3. The van der Waals surface area contributed by atoms with Crippen molar-refractivity contribution in [2.24, 2.45) is 0 Å². The van der Waals surface area contributed by atoms with Crippen molar-refractivity contribution in [3.8, 4) is 0 Å². The quantitative estimate of drug-likeness (QED) is 0.174. The van der Waals surface area contributed by atoms with Crippen molar-refractivity contribution in [2.45, 2.75) is 47.6 Å². The van der Waals surface area contributed by atoms with Gasteiger partial charge in [-0.15, -0.1) is 0 Å². The Labute approximate surface area is 211 Å². The van der Waals surface area contributed by atoms with Crippen LogP contribution in [0, 0.1) is 0 Å². The fourth-order valence-corrected chi connectivity index (χ4v) is 2.26. The number of nitrogens with one attached hydrogen (secondary N) is 1. The molecule has 0 spiro atoms. The van der Waals surface area contributed by atoms with Crippen molar-refractivity contribution in [2.75, 3.05) is 52.8 Å². The number of carbonyl (C=O) groups excluding carboxylic acids is 1. The minimum atomic E-state index is -8.76. The van der Waals surface area contributed by atoms with Crippen LogP contribution < -0.4 is 5.32 Å². The monoisotopic (exact) mass is 639 g/mol.